The molecule has 0 aliphatic carbocycles. The molecule has 0 radical (unpaired) electrons. The van der Waals surface area contributed by atoms with Crippen molar-refractivity contribution in [3.05, 3.63) is 84.0 Å². The lowest BCUT2D eigenvalue weighted by Crippen LogP contribution is -2.29. The van der Waals surface area contributed by atoms with Gasteiger partial charge >= 0.3 is 0 Å². The first-order valence-corrected chi connectivity index (χ1v) is 12.4. The predicted octanol–water partition coefficient (Wildman–Crippen LogP) is 6.45. The Labute approximate surface area is 204 Å². The molecule has 0 unspecified atom stereocenters. The summed E-state index contributed by atoms with van der Waals surface area (Å²) in [4.78, 5) is 14.5. The second-order valence-electron chi connectivity index (χ2n) is 7.67. The lowest BCUT2D eigenvalue weighted by molar-refractivity contribution is -0.116. The molecule has 1 N–H and O–H groups in total. The molecule has 1 amide bonds. The molecule has 2 aromatic carbocycles. The molecule has 0 fully saturated rings. The SMILES string of the molecule is C=Cc1c(/C(=C\C)C(=O)N[C@H](CCC)c2ccc(OC)c(SC)c2)cnn1-c1ccc(F)cc1. The molecular formula is C27H30FN3O2S. The molecule has 1 heterocycles. The molecule has 0 aliphatic heterocycles. The standard InChI is InChI=1S/C27H30FN3O2S/c1-6-9-23(18-10-15-25(33-4)26(16-18)34-5)30-27(32)21(7-2)22-17-29-31(24(22)8-3)20-13-11-19(28)12-14-20/h7-8,10-17,23H,3,6,9H2,1-2,4-5H3,(H,30,32)/b21-7+/t23-/m1/s1. The number of hydrogen-bond donors (Lipinski definition) is 1. The van der Waals surface area contributed by atoms with Crippen LogP contribution in [0.3, 0.4) is 0 Å². The van der Waals surface area contributed by atoms with Crippen LogP contribution in [-0.2, 0) is 4.79 Å². The third-order valence-electron chi connectivity index (χ3n) is 5.59. The Morgan fingerprint density at radius 1 is 1.29 bits per heavy atom. The largest absolute Gasteiger partial charge is 0.496 e. The van der Waals surface area contributed by atoms with Crippen LogP contribution in [0.4, 0.5) is 4.39 Å². The minimum absolute atomic E-state index is 0.149. The van der Waals surface area contributed by atoms with E-state index in [1.807, 2.05) is 25.3 Å². The quantitative estimate of drug-likeness (QED) is 0.268. The van der Waals surface area contributed by atoms with E-state index in [0.717, 1.165) is 29.1 Å². The highest BCUT2D eigenvalue weighted by molar-refractivity contribution is 7.98. The smallest absolute Gasteiger partial charge is 0.252 e. The first kappa shape index (κ1) is 25.3. The van der Waals surface area contributed by atoms with Crippen molar-refractivity contribution < 1.29 is 13.9 Å². The van der Waals surface area contributed by atoms with Crippen LogP contribution in [0, 0.1) is 5.82 Å². The summed E-state index contributed by atoms with van der Waals surface area (Å²) in [5.41, 5.74) is 3.54. The molecule has 0 spiro atoms. The van der Waals surface area contributed by atoms with E-state index in [9.17, 15) is 9.18 Å². The Kier molecular flexibility index (Phi) is 8.71. The maximum atomic E-state index is 13.4. The van der Waals surface area contributed by atoms with E-state index in [1.54, 1.807) is 54.0 Å². The topological polar surface area (TPSA) is 56.1 Å². The predicted molar refractivity (Wildman–Crippen MR) is 138 cm³/mol. The Balaban J connectivity index is 1.92. The van der Waals surface area contributed by atoms with E-state index in [4.69, 9.17) is 4.74 Å². The highest BCUT2D eigenvalue weighted by Crippen LogP contribution is 2.32. The molecule has 1 atom stereocenters. The molecule has 1 aromatic heterocycles. The number of hydrogen-bond acceptors (Lipinski definition) is 4. The van der Waals surface area contributed by atoms with Crippen LogP contribution in [0.25, 0.3) is 17.3 Å². The Hall–Kier alpha value is -3.32. The number of aromatic nitrogens is 2. The highest BCUT2D eigenvalue weighted by Gasteiger charge is 2.22. The van der Waals surface area contributed by atoms with Gasteiger partial charge in [0.15, 0.2) is 0 Å². The normalized spacial score (nSPS) is 12.3. The summed E-state index contributed by atoms with van der Waals surface area (Å²) in [6, 6.07) is 11.9. The van der Waals surface area contributed by atoms with E-state index in [1.165, 1.54) is 12.1 Å². The first-order valence-electron chi connectivity index (χ1n) is 11.1. The summed E-state index contributed by atoms with van der Waals surface area (Å²) in [7, 11) is 1.65. The number of carbonyl (C=O) groups is 1. The van der Waals surface area contributed by atoms with Crippen molar-refractivity contribution in [1.82, 2.24) is 15.1 Å². The molecule has 178 valence electrons. The van der Waals surface area contributed by atoms with Crippen molar-refractivity contribution in [1.29, 1.82) is 0 Å². The molecule has 0 saturated heterocycles. The maximum absolute atomic E-state index is 13.4. The summed E-state index contributed by atoms with van der Waals surface area (Å²) in [5.74, 6) is 0.301. The van der Waals surface area contributed by atoms with Crippen LogP contribution in [0.15, 0.2) is 66.2 Å². The Bertz CT molecular complexity index is 1190. The van der Waals surface area contributed by atoms with Crippen LogP contribution in [0.2, 0.25) is 0 Å². The Morgan fingerprint density at radius 2 is 2.03 bits per heavy atom. The second-order valence-corrected chi connectivity index (χ2v) is 8.52. The second kappa shape index (κ2) is 11.7. The number of carbonyl (C=O) groups excluding carboxylic acids is 1. The molecule has 3 aromatic rings. The van der Waals surface area contributed by atoms with Gasteiger partial charge in [0.2, 0.25) is 0 Å². The van der Waals surface area contributed by atoms with E-state index < -0.39 is 0 Å². The number of thioether (sulfide) groups is 1. The summed E-state index contributed by atoms with van der Waals surface area (Å²) >= 11 is 1.61. The van der Waals surface area contributed by atoms with Crippen molar-refractivity contribution >= 4 is 29.3 Å². The van der Waals surface area contributed by atoms with Gasteiger partial charge in [-0.3, -0.25) is 4.79 Å². The van der Waals surface area contributed by atoms with Gasteiger partial charge < -0.3 is 10.1 Å². The molecule has 5 nitrogen and oxygen atoms in total. The summed E-state index contributed by atoms with van der Waals surface area (Å²) in [6.45, 7) is 7.83. The summed E-state index contributed by atoms with van der Waals surface area (Å²) in [5, 5.41) is 7.64. The van der Waals surface area contributed by atoms with Gasteiger partial charge in [0.1, 0.15) is 11.6 Å². The zero-order valence-corrected chi connectivity index (χ0v) is 20.8. The van der Waals surface area contributed by atoms with Gasteiger partial charge in [-0.05, 0) is 67.6 Å². The lowest BCUT2D eigenvalue weighted by atomic mass is 10.00. The van der Waals surface area contributed by atoms with E-state index in [-0.39, 0.29) is 17.8 Å². The van der Waals surface area contributed by atoms with Crippen LogP contribution in [0.1, 0.15) is 49.6 Å². The zero-order valence-electron chi connectivity index (χ0n) is 20.0. The number of amides is 1. The van der Waals surface area contributed by atoms with Crippen LogP contribution >= 0.6 is 11.8 Å². The number of methoxy groups -OCH3 is 1. The van der Waals surface area contributed by atoms with Crippen LogP contribution in [0.5, 0.6) is 5.75 Å². The monoisotopic (exact) mass is 479 g/mol. The molecular weight excluding hydrogens is 449 g/mol. The zero-order chi connectivity index (χ0) is 24.7. The number of nitrogens with zero attached hydrogens (tertiary/aromatic N) is 2. The van der Waals surface area contributed by atoms with Crippen molar-refractivity contribution in [2.45, 2.75) is 37.6 Å². The van der Waals surface area contributed by atoms with Crippen molar-refractivity contribution in [2.75, 3.05) is 13.4 Å². The van der Waals surface area contributed by atoms with Crippen LogP contribution < -0.4 is 10.1 Å². The molecule has 7 heteroatoms. The van der Waals surface area contributed by atoms with Crippen molar-refractivity contribution in [3.8, 4) is 11.4 Å². The van der Waals surface area contributed by atoms with Gasteiger partial charge in [-0.15, -0.1) is 11.8 Å². The van der Waals surface area contributed by atoms with Crippen molar-refractivity contribution in [2.24, 2.45) is 0 Å². The minimum atomic E-state index is -0.324. The van der Waals surface area contributed by atoms with E-state index in [0.29, 0.717) is 22.5 Å². The number of halogens is 1. The van der Waals surface area contributed by atoms with Gasteiger partial charge in [0.25, 0.3) is 5.91 Å². The van der Waals surface area contributed by atoms with Gasteiger partial charge in [-0.1, -0.05) is 32.1 Å². The fraction of sp³-hybridized carbons (Fsp3) is 0.259. The lowest BCUT2D eigenvalue weighted by Gasteiger charge is -2.21. The minimum Gasteiger partial charge on any atom is -0.496 e. The molecule has 3 rings (SSSR count). The van der Waals surface area contributed by atoms with E-state index >= 15 is 0 Å². The summed E-state index contributed by atoms with van der Waals surface area (Å²) in [6.07, 6.45) is 8.79. The molecule has 0 saturated carbocycles. The number of ether oxygens (including phenoxy) is 1. The maximum Gasteiger partial charge on any atom is 0.252 e. The van der Waals surface area contributed by atoms with Crippen LogP contribution in [-0.4, -0.2) is 29.1 Å². The van der Waals surface area contributed by atoms with Gasteiger partial charge in [0, 0.05) is 16.0 Å². The molecule has 34 heavy (non-hydrogen) atoms. The van der Waals surface area contributed by atoms with Gasteiger partial charge in [0.05, 0.1) is 30.7 Å². The molecule has 0 aliphatic rings. The number of nitrogens with one attached hydrogen (secondary N) is 1. The third kappa shape index (κ3) is 5.42. The number of allylic oxidation sites excluding steroid dienone is 1. The third-order valence-corrected chi connectivity index (χ3v) is 6.35. The first-order chi connectivity index (χ1) is 16.5. The van der Waals surface area contributed by atoms with Gasteiger partial charge in [-0.25, -0.2) is 9.07 Å². The highest BCUT2D eigenvalue weighted by atomic mass is 32.2. The fourth-order valence-corrected chi connectivity index (χ4v) is 4.48. The Morgan fingerprint density at radius 3 is 2.62 bits per heavy atom. The fourth-order valence-electron chi connectivity index (χ4n) is 3.88. The van der Waals surface area contributed by atoms with Gasteiger partial charge in [-0.2, -0.15) is 5.10 Å². The number of benzene rings is 2. The van der Waals surface area contributed by atoms with Crippen molar-refractivity contribution in [3.63, 3.8) is 0 Å². The average molecular weight is 480 g/mol. The van der Waals surface area contributed by atoms with E-state index in [2.05, 4.69) is 30.0 Å². The molecule has 0 bridgehead atoms. The number of rotatable bonds is 10. The average Bonchev–Trinajstić information content (AvgIpc) is 3.27. The summed E-state index contributed by atoms with van der Waals surface area (Å²) < 4.78 is 20.5.